The molecular formula is C20H23BrClNO2. The van der Waals surface area contributed by atoms with Crippen molar-refractivity contribution in [1.29, 1.82) is 0 Å². The number of rotatable bonds is 8. The first-order valence-corrected chi connectivity index (χ1v) is 9.54. The first-order chi connectivity index (χ1) is 12.0. The molecular weight excluding hydrogens is 402 g/mol. The monoisotopic (exact) mass is 423 g/mol. The minimum Gasteiger partial charge on any atom is -0.492 e. The lowest BCUT2D eigenvalue weighted by Gasteiger charge is -2.13. The smallest absolute Gasteiger partial charge is 0.220 e. The predicted molar refractivity (Wildman–Crippen MR) is 107 cm³/mol. The van der Waals surface area contributed by atoms with Crippen LogP contribution in [0.3, 0.4) is 0 Å². The third kappa shape index (κ3) is 6.05. The van der Waals surface area contributed by atoms with Crippen LogP contribution in [0.2, 0.25) is 5.02 Å². The normalized spacial score (nSPS) is 10.6. The van der Waals surface area contributed by atoms with Crippen LogP contribution in [0.1, 0.15) is 29.5 Å². The Hall–Kier alpha value is -1.52. The number of nitrogens with one attached hydrogen (secondary N) is 1. The van der Waals surface area contributed by atoms with Gasteiger partial charge in [0.15, 0.2) is 0 Å². The van der Waals surface area contributed by atoms with Crippen molar-refractivity contribution >= 4 is 33.4 Å². The Morgan fingerprint density at radius 1 is 1.24 bits per heavy atom. The molecule has 2 aromatic carbocycles. The molecule has 0 saturated carbocycles. The first kappa shape index (κ1) is 19.8. The van der Waals surface area contributed by atoms with E-state index >= 15 is 0 Å². The quantitative estimate of drug-likeness (QED) is 0.589. The molecule has 0 fully saturated rings. The van der Waals surface area contributed by atoms with Crippen LogP contribution in [-0.2, 0) is 11.2 Å². The lowest BCUT2D eigenvalue weighted by molar-refractivity contribution is -0.121. The van der Waals surface area contributed by atoms with E-state index in [-0.39, 0.29) is 5.91 Å². The van der Waals surface area contributed by atoms with Crippen LogP contribution in [0.4, 0.5) is 0 Å². The molecule has 134 valence electrons. The molecule has 0 heterocycles. The number of hydrogen-bond donors (Lipinski definition) is 1. The number of carbonyl (C=O) groups excluding carboxylic acids is 1. The maximum absolute atomic E-state index is 11.9. The highest BCUT2D eigenvalue weighted by Crippen LogP contribution is 2.35. The molecule has 0 aliphatic heterocycles. The van der Waals surface area contributed by atoms with Crippen LogP contribution in [0.5, 0.6) is 5.75 Å². The van der Waals surface area contributed by atoms with E-state index in [2.05, 4.69) is 33.4 Å². The van der Waals surface area contributed by atoms with Gasteiger partial charge in [0.25, 0.3) is 0 Å². The number of hydrogen-bond acceptors (Lipinski definition) is 2. The van der Waals surface area contributed by atoms with Gasteiger partial charge in [0, 0.05) is 18.0 Å². The van der Waals surface area contributed by atoms with Gasteiger partial charge >= 0.3 is 0 Å². The molecule has 0 radical (unpaired) electrons. The third-order valence-electron chi connectivity index (χ3n) is 3.95. The number of carbonyl (C=O) groups is 1. The summed E-state index contributed by atoms with van der Waals surface area (Å²) >= 11 is 9.73. The van der Waals surface area contributed by atoms with Crippen LogP contribution >= 0.6 is 27.5 Å². The van der Waals surface area contributed by atoms with Crippen molar-refractivity contribution in [1.82, 2.24) is 5.32 Å². The van der Waals surface area contributed by atoms with E-state index in [1.807, 2.05) is 38.1 Å². The Bertz CT molecular complexity index is 719. The summed E-state index contributed by atoms with van der Waals surface area (Å²) < 4.78 is 6.66. The zero-order chi connectivity index (χ0) is 18.2. The van der Waals surface area contributed by atoms with Crippen LogP contribution in [-0.4, -0.2) is 19.1 Å². The van der Waals surface area contributed by atoms with Gasteiger partial charge in [-0.3, -0.25) is 4.79 Å². The van der Waals surface area contributed by atoms with Crippen molar-refractivity contribution in [2.45, 2.75) is 33.1 Å². The van der Waals surface area contributed by atoms with Gasteiger partial charge in [-0.1, -0.05) is 41.9 Å². The highest BCUT2D eigenvalue weighted by molar-refractivity contribution is 9.10. The molecule has 5 heteroatoms. The predicted octanol–water partition coefficient (Wildman–Crippen LogP) is 5.24. The topological polar surface area (TPSA) is 38.3 Å². The van der Waals surface area contributed by atoms with Crippen molar-refractivity contribution < 1.29 is 9.53 Å². The Labute approximate surface area is 162 Å². The van der Waals surface area contributed by atoms with Crippen molar-refractivity contribution in [2.75, 3.05) is 13.2 Å². The van der Waals surface area contributed by atoms with Gasteiger partial charge in [-0.15, -0.1) is 0 Å². The van der Waals surface area contributed by atoms with E-state index in [9.17, 15) is 4.79 Å². The average Bonchev–Trinajstić information content (AvgIpc) is 2.62. The lowest BCUT2D eigenvalue weighted by Crippen LogP contribution is -2.25. The van der Waals surface area contributed by atoms with Crippen molar-refractivity contribution in [3.05, 3.63) is 62.6 Å². The second kappa shape index (κ2) is 9.83. The number of ether oxygens (including phenoxy) is 1. The standard InChI is InChI=1S/C20H23BrClNO2/c1-14-13-17(19(21)15(2)20(14)22)25-12-6-9-18(24)23-11-10-16-7-4-3-5-8-16/h3-5,7-8,13H,6,9-12H2,1-2H3,(H,23,24). The molecule has 0 spiro atoms. The van der Waals surface area contributed by atoms with Gasteiger partial charge in [-0.25, -0.2) is 0 Å². The molecule has 0 bridgehead atoms. The van der Waals surface area contributed by atoms with Gasteiger partial charge in [0.1, 0.15) is 5.75 Å². The first-order valence-electron chi connectivity index (χ1n) is 8.37. The molecule has 0 aliphatic rings. The summed E-state index contributed by atoms with van der Waals surface area (Å²) in [6.45, 7) is 5.05. The number of amides is 1. The van der Waals surface area contributed by atoms with Gasteiger partial charge in [-0.05, 0) is 65.4 Å². The molecule has 2 aromatic rings. The summed E-state index contributed by atoms with van der Waals surface area (Å²) in [5, 5.41) is 3.69. The fraction of sp³-hybridized carbons (Fsp3) is 0.350. The molecule has 2 rings (SSSR count). The van der Waals surface area contributed by atoms with Crippen LogP contribution in [0, 0.1) is 13.8 Å². The minimum absolute atomic E-state index is 0.0575. The molecule has 3 nitrogen and oxygen atoms in total. The van der Waals surface area contributed by atoms with Gasteiger partial charge in [0.05, 0.1) is 11.1 Å². The summed E-state index contributed by atoms with van der Waals surface area (Å²) in [6.07, 6.45) is 1.97. The lowest BCUT2D eigenvalue weighted by atomic mass is 10.1. The Morgan fingerprint density at radius 2 is 1.96 bits per heavy atom. The largest absolute Gasteiger partial charge is 0.492 e. The van der Waals surface area contributed by atoms with E-state index in [1.165, 1.54) is 5.56 Å². The molecule has 0 saturated heterocycles. The van der Waals surface area contributed by atoms with Gasteiger partial charge < -0.3 is 10.1 Å². The summed E-state index contributed by atoms with van der Waals surface area (Å²) in [4.78, 5) is 11.9. The average molecular weight is 425 g/mol. The molecule has 1 amide bonds. The van der Waals surface area contributed by atoms with Crippen molar-refractivity contribution in [2.24, 2.45) is 0 Å². The summed E-state index contributed by atoms with van der Waals surface area (Å²) in [6, 6.07) is 12.0. The summed E-state index contributed by atoms with van der Waals surface area (Å²) in [7, 11) is 0. The summed E-state index contributed by atoms with van der Waals surface area (Å²) in [5.74, 6) is 0.825. The van der Waals surface area contributed by atoms with E-state index in [4.69, 9.17) is 16.3 Å². The maximum atomic E-state index is 11.9. The van der Waals surface area contributed by atoms with E-state index in [0.29, 0.717) is 26.0 Å². The summed E-state index contributed by atoms with van der Waals surface area (Å²) in [5.41, 5.74) is 3.18. The second-order valence-corrected chi connectivity index (χ2v) is 7.15. The number of halogens is 2. The minimum atomic E-state index is 0.0575. The SMILES string of the molecule is Cc1cc(OCCCC(=O)NCCc2ccccc2)c(Br)c(C)c1Cl. The molecule has 1 N–H and O–H groups in total. The number of aryl methyl sites for hydroxylation is 1. The van der Waals surface area contributed by atoms with Gasteiger partial charge in [-0.2, -0.15) is 0 Å². The fourth-order valence-electron chi connectivity index (χ4n) is 2.50. The van der Waals surface area contributed by atoms with E-state index in [0.717, 1.165) is 32.8 Å². The maximum Gasteiger partial charge on any atom is 0.220 e. The molecule has 0 unspecified atom stereocenters. The van der Waals surface area contributed by atoms with E-state index in [1.54, 1.807) is 0 Å². The van der Waals surface area contributed by atoms with Crippen LogP contribution in [0.15, 0.2) is 40.9 Å². The Balaban J connectivity index is 1.68. The molecule has 0 aromatic heterocycles. The highest BCUT2D eigenvalue weighted by Gasteiger charge is 2.11. The number of benzene rings is 2. The zero-order valence-electron chi connectivity index (χ0n) is 14.6. The molecule has 25 heavy (non-hydrogen) atoms. The molecule has 0 atom stereocenters. The zero-order valence-corrected chi connectivity index (χ0v) is 16.9. The van der Waals surface area contributed by atoms with Crippen molar-refractivity contribution in [3.63, 3.8) is 0 Å². The Morgan fingerprint density at radius 3 is 2.68 bits per heavy atom. The van der Waals surface area contributed by atoms with Crippen molar-refractivity contribution in [3.8, 4) is 5.75 Å². The fourth-order valence-corrected chi connectivity index (χ4v) is 3.19. The van der Waals surface area contributed by atoms with E-state index < -0.39 is 0 Å². The van der Waals surface area contributed by atoms with Gasteiger partial charge in [0.2, 0.25) is 5.91 Å². The van der Waals surface area contributed by atoms with Crippen LogP contribution in [0.25, 0.3) is 0 Å². The molecule has 0 aliphatic carbocycles. The third-order valence-corrected chi connectivity index (χ3v) is 5.52. The Kier molecular flexibility index (Phi) is 7.79. The van der Waals surface area contributed by atoms with Crippen LogP contribution < -0.4 is 10.1 Å². The second-order valence-electron chi connectivity index (χ2n) is 5.98. The highest BCUT2D eigenvalue weighted by atomic mass is 79.9.